The lowest BCUT2D eigenvalue weighted by Crippen LogP contribution is -2.50. The summed E-state index contributed by atoms with van der Waals surface area (Å²) in [6, 6.07) is 0.0456. The van der Waals surface area contributed by atoms with Crippen LogP contribution in [-0.4, -0.2) is 46.1 Å². The molecule has 1 aliphatic rings. The normalized spacial score (nSPS) is 23.2. The van der Waals surface area contributed by atoms with E-state index in [0.717, 1.165) is 0 Å². The van der Waals surface area contributed by atoms with E-state index in [4.69, 9.17) is 10.5 Å². The van der Waals surface area contributed by atoms with Gasteiger partial charge in [0.2, 0.25) is 0 Å². The van der Waals surface area contributed by atoms with E-state index in [9.17, 15) is 4.79 Å². The molecule has 1 amide bonds. The van der Waals surface area contributed by atoms with Gasteiger partial charge in [0.25, 0.3) is 5.91 Å². The van der Waals surface area contributed by atoms with Crippen molar-refractivity contribution in [3.05, 3.63) is 17.3 Å². The molecule has 2 aromatic heterocycles. The molecule has 1 aliphatic heterocycles. The molecule has 106 valence electrons. The van der Waals surface area contributed by atoms with Gasteiger partial charge >= 0.3 is 0 Å². The van der Waals surface area contributed by atoms with Crippen molar-refractivity contribution < 1.29 is 9.53 Å². The van der Waals surface area contributed by atoms with E-state index in [-0.39, 0.29) is 18.1 Å². The van der Waals surface area contributed by atoms with Crippen LogP contribution in [0.1, 0.15) is 23.5 Å². The second kappa shape index (κ2) is 4.99. The van der Waals surface area contributed by atoms with Gasteiger partial charge in [-0.1, -0.05) is 0 Å². The molecule has 0 bridgehead atoms. The summed E-state index contributed by atoms with van der Waals surface area (Å²) in [5.41, 5.74) is 7.09. The maximum atomic E-state index is 12.7. The van der Waals surface area contributed by atoms with Crippen LogP contribution in [0, 0.1) is 0 Å². The summed E-state index contributed by atoms with van der Waals surface area (Å²) in [5.74, 6) is -0.0602. The van der Waals surface area contributed by atoms with Gasteiger partial charge < -0.3 is 15.4 Å². The van der Waals surface area contributed by atoms with Crippen LogP contribution in [0.4, 0.5) is 5.69 Å². The number of morpholine rings is 1. The molecular formula is C13H16N4O2S. The number of carbonyl (C=O) groups excluding carboxylic acids is 1. The summed E-state index contributed by atoms with van der Waals surface area (Å²) in [7, 11) is 0. The highest BCUT2D eigenvalue weighted by Crippen LogP contribution is 2.32. The summed E-state index contributed by atoms with van der Waals surface area (Å²) < 4.78 is 5.55. The molecule has 0 saturated carbocycles. The Morgan fingerprint density at radius 1 is 1.45 bits per heavy atom. The first kappa shape index (κ1) is 13.3. The van der Waals surface area contributed by atoms with Crippen LogP contribution in [0.15, 0.2) is 12.4 Å². The molecule has 2 N–H and O–H groups in total. The highest BCUT2D eigenvalue weighted by Gasteiger charge is 2.31. The average molecular weight is 292 g/mol. The fourth-order valence-corrected chi connectivity index (χ4v) is 3.30. The minimum absolute atomic E-state index is 0.0435. The third kappa shape index (κ3) is 2.12. The monoisotopic (exact) mass is 292 g/mol. The number of ether oxygens (including phenoxy) is 1. The third-order valence-corrected chi connectivity index (χ3v) is 4.52. The van der Waals surface area contributed by atoms with E-state index in [1.165, 1.54) is 11.3 Å². The van der Waals surface area contributed by atoms with Crippen molar-refractivity contribution in [2.24, 2.45) is 0 Å². The maximum absolute atomic E-state index is 12.7. The molecule has 20 heavy (non-hydrogen) atoms. The number of fused-ring (bicyclic) bond motifs is 1. The number of carbonyl (C=O) groups is 1. The van der Waals surface area contributed by atoms with Crippen LogP contribution < -0.4 is 5.73 Å². The van der Waals surface area contributed by atoms with Crippen LogP contribution in [-0.2, 0) is 4.74 Å². The lowest BCUT2D eigenvalue weighted by atomic mass is 10.2. The van der Waals surface area contributed by atoms with E-state index in [0.29, 0.717) is 34.1 Å². The number of amides is 1. The topological polar surface area (TPSA) is 81.3 Å². The minimum Gasteiger partial charge on any atom is -0.396 e. The van der Waals surface area contributed by atoms with Crippen molar-refractivity contribution in [1.29, 1.82) is 0 Å². The number of aromatic nitrogens is 2. The Labute approximate surface area is 120 Å². The molecule has 0 aromatic carbocycles. The van der Waals surface area contributed by atoms with Crippen molar-refractivity contribution >= 4 is 33.3 Å². The molecule has 0 aliphatic carbocycles. The van der Waals surface area contributed by atoms with Crippen molar-refractivity contribution in [2.45, 2.75) is 26.0 Å². The second-order valence-corrected chi connectivity index (χ2v) is 6.00. The van der Waals surface area contributed by atoms with Gasteiger partial charge in [0, 0.05) is 18.9 Å². The number of nitrogens with two attached hydrogens (primary N) is 1. The molecule has 1 fully saturated rings. The highest BCUT2D eigenvalue weighted by atomic mass is 32.1. The molecule has 2 aromatic rings. The van der Waals surface area contributed by atoms with E-state index < -0.39 is 0 Å². The van der Waals surface area contributed by atoms with Crippen LogP contribution in [0.25, 0.3) is 10.3 Å². The van der Waals surface area contributed by atoms with Gasteiger partial charge in [-0.25, -0.2) is 9.97 Å². The van der Waals surface area contributed by atoms with E-state index in [1.807, 2.05) is 18.7 Å². The number of hydrogen-bond donors (Lipinski definition) is 1. The fourth-order valence-electron chi connectivity index (χ4n) is 2.32. The van der Waals surface area contributed by atoms with Crippen LogP contribution in [0.5, 0.6) is 0 Å². The number of thiophene rings is 1. The first-order valence-corrected chi connectivity index (χ1v) is 7.31. The zero-order chi connectivity index (χ0) is 14.3. The molecule has 0 radical (unpaired) electrons. The van der Waals surface area contributed by atoms with Crippen LogP contribution in [0.2, 0.25) is 0 Å². The van der Waals surface area contributed by atoms with Crippen molar-refractivity contribution in [3.63, 3.8) is 0 Å². The number of hydrogen-bond acceptors (Lipinski definition) is 6. The van der Waals surface area contributed by atoms with Crippen molar-refractivity contribution in [3.8, 4) is 0 Å². The Morgan fingerprint density at radius 3 is 2.95 bits per heavy atom. The van der Waals surface area contributed by atoms with E-state index >= 15 is 0 Å². The Kier molecular flexibility index (Phi) is 3.31. The van der Waals surface area contributed by atoms with Gasteiger partial charge in [0.05, 0.1) is 24.4 Å². The highest BCUT2D eigenvalue weighted by molar-refractivity contribution is 7.21. The molecule has 2 atom stereocenters. The quantitative estimate of drug-likeness (QED) is 0.862. The molecule has 2 unspecified atom stereocenters. The standard InChI is InChI=1S/C13H16N4O2S/c1-7-6-19-8(2)5-17(7)13(18)11-9(14)10-12(20-11)16-4-3-15-10/h3-4,7-8H,5-6,14H2,1-2H3. The Hall–Kier alpha value is -1.73. The zero-order valence-corrected chi connectivity index (χ0v) is 12.2. The number of anilines is 1. The second-order valence-electron chi connectivity index (χ2n) is 5.01. The fraction of sp³-hybridized carbons (Fsp3) is 0.462. The number of nitrogen functional groups attached to an aromatic ring is 1. The Morgan fingerprint density at radius 2 is 2.20 bits per heavy atom. The Balaban J connectivity index is 1.97. The smallest absolute Gasteiger partial charge is 0.266 e. The summed E-state index contributed by atoms with van der Waals surface area (Å²) in [6.07, 6.45) is 3.23. The first-order valence-electron chi connectivity index (χ1n) is 6.49. The van der Waals surface area contributed by atoms with Gasteiger partial charge in [-0.2, -0.15) is 0 Å². The van der Waals surface area contributed by atoms with Crippen molar-refractivity contribution in [1.82, 2.24) is 14.9 Å². The largest absolute Gasteiger partial charge is 0.396 e. The summed E-state index contributed by atoms with van der Waals surface area (Å²) in [5, 5.41) is 0. The maximum Gasteiger partial charge on any atom is 0.266 e. The van der Waals surface area contributed by atoms with E-state index in [1.54, 1.807) is 12.4 Å². The molecule has 1 saturated heterocycles. The summed E-state index contributed by atoms with van der Waals surface area (Å²) >= 11 is 1.30. The molecule has 7 heteroatoms. The lowest BCUT2D eigenvalue weighted by molar-refractivity contribution is -0.0385. The van der Waals surface area contributed by atoms with Crippen LogP contribution >= 0.6 is 11.3 Å². The molecule has 0 spiro atoms. The van der Waals surface area contributed by atoms with E-state index in [2.05, 4.69) is 9.97 Å². The zero-order valence-electron chi connectivity index (χ0n) is 11.4. The van der Waals surface area contributed by atoms with Crippen LogP contribution in [0.3, 0.4) is 0 Å². The SMILES string of the molecule is CC1CN(C(=O)c2sc3nccnc3c2N)C(C)CO1. The number of rotatable bonds is 1. The molecule has 3 rings (SSSR count). The molecular weight excluding hydrogens is 276 g/mol. The predicted octanol–water partition coefficient (Wildman–Crippen LogP) is 1.52. The third-order valence-electron chi connectivity index (χ3n) is 3.43. The summed E-state index contributed by atoms with van der Waals surface area (Å²) in [6.45, 7) is 5.07. The van der Waals surface area contributed by atoms with Gasteiger partial charge in [-0.3, -0.25) is 4.79 Å². The van der Waals surface area contributed by atoms with Gasteiger partial charge in [0.15, 0.2) is 0 Å². The lowest BCUT2D eigenvalue weighted by Gasteiger charge is -2.36. The van der Waals surface area contributed by atoms with Gasteiger partial charge in [0.1, 0.15) is 15.2 Å². The first-order chi connectivity index (χ1) is 9.58. The van der Waals surface area contributed by atoms with Gasteiger partial charge in [-0.15, -0.1) is 11.3 Å². The summed E-state index contributed by atoms with van der Waals surface area (Å²) in [4.78, 5) is 24.1. The number of nitrogens with zero attached hydrogens (tertiary/aromatic N) is 3. The molecule has 6 nitrogen and oxygen atoms in total. The minimum atomic E-state index is -0.0602. The average Bonchev–Trinajstić information content (AvgIpc) is 2.79. The van der Waals surface area contributed by atoms with Crippen molar-refractivity contribution in [2.75, 3.05) is 18.9 Å². The predicted molar refractivity (Wildman–Crippen MR) is 77.7 cm³/mol. The Bertz CT molecular complexity index is 657. The molecule has 3 heterocycles. The van der Waals surface area contributed by atoms with Gasteiger partial charge in [-0.05, 0) is 13.8 Å².